The van der Waals surface area contributed by atoms with Crippen LogP contribution < -0.4 is 0 Å². The van der Waals surface area contributed by atoms with Crippen LogP contribution in [0.3, 0.4) is 0 Å². The van der Waals surface area contributed by atoms with Gasteiger partial charge in [0.25, 0.3) is 0 Å². The second-order valence-corrected chi connectivity index (χ2v) is 9.77. The van der Waals surface area contributed by atoms with Crippen molar-refractivity contribution < 1.29 is 27.6 Å². The van der Waals surface area contributed by atoms with Crippen molar-refractivity contribution >= 4 is 17.5 Å². The molecule has 1 heterocycles. The molecule has 0 aliphatic carbocycles. The first-order valence-corrected chi connectivity index (χ1v) is 12.3. The van der Waals surface area contributed by atoms with Crippen LogP contribution in [0.15, 0.2) is 84.9 Å². The van der Waals surface area contributed by atoms with Crippen molar-refractivity contribution in [3.63, 3.8) is 0 Å². The molecule has 3 aromatic carbocycles. The zero-order valence-corrected chi connectivity index (χ0v) is 21.2. The molecule has 8 heteroatoms. The topological polar surface area (TPSA) is 57.7 Å². The molecule has 1 aliphatic heterocycles. The van der Waals surface area contributed by atoms with Gasteiger partial charge in [0.05, 0.1) is 12.1 Å². The maximum atomic E-state index is 14.2. The number of likely N-dealkylation sites (N-methyl/N-ethyl adjacent to an activating group) is 1. The van der Waals surface area contributed by atoms with Crippen LogP contribution >= 0.6 is 0 Å². The van der Waals surface area contributed by atoms with Crippen molar-refractivity contribution in [2.24, 2.45) is 11.8 Å². The number of hydrogen-bond donors (Lipinski definition) is 0. The molecule has 0 aromatic heterocycles. The molecule has 38 heavy (non-hydrogen) atoms. The van der Waals surface area contributed by atoms with Crippen LogP contribution in [0, 0.1) is 11.8 Å². The quantitative estimate of drug-likeness (QED) is 0.401. The van der Waals surface area contributed by atoms with Crippen molar-refractivity contribution in [1.82, 2.24) is 9.80 Å². The first-order valence-electron chi connectivity index (χ1n) is 12.3. The molecule has 0 N–H and O–H groups in total. The Morgan fingerprint density at radius 3 is 1.66 bits per heavy atom. The van der Waals surface area contributed by atoms with Crippen molar-refractivity contribution in [1.29, 1.82) is 0 Å². The normalized spacial score (nSPS) is 20.1. The highest BCUT2D eigenvalue weighted by molar-refractivity contribution is 6.02. The fraction of sp³-hybridized carbons (Fsp3) is 0.300. The highest BCUT2D eigenvalue weighted by Crippen LogP contribution is 2.45. The van der Waals surface area contributed by atoms with E-state index in [0.29, 0.717) is 11.1 Å². The summed E-state index contributed by atoms with van der Waals surface area (Å²) in [5, 5.41) is 0. The fourth-order valence-electron chi connectivity index (χ4n) is 5.20. The Morgan fingerprint density at radius 1 is 0.763 bits per heavy atom. The molecule has 0 bridgehead atoms. The number of alkyl halides is 3. The molecule has 4 rings (SSSR count). The molecule has 0 saturated carbocycles. The smallest absolute Gasteiger partial charge is 0.348 e. The van der Waals surface area contributed by atoms with E-state index in [4.69, 9.17) is 0 Å². The van der Waals surface area contributed by atoms with Crippen LogP contribution in [-0.2, 0) is 11.0 Å². The molecule has 1 aliphatic rings. The third-order valence-electron chi connectivity index (χ3n) is 7.05. The van der Waals surface area contributed by atoms with Crippen molar-refractivity contribution in [3.05, 3.63) is 107 Å². The lowest BCUT2D eigenvalue weighted by Crippen LogP contribution is -2.52. The van der Waals surface area contributed by atoms with Gasteiger partial charge in [0.2, 0.25) is 5.91 Å². The largest absolute Gasteiger partial charge is 0.416 e. The first-order chi connectivity index (χ1) is 18.1. The lowest BCUT2D eigenvalue weighted by Gasteiger charge is -2.43. The summed E-state index contributed by atoms with van der Waals surface area (Å²) < 4.78 is 42.6. The number of carbonyl (C=O) groups excluding carboxylic acids is 3. The van der Waals surface area contributed by atoms with E-state index in [1.165, 1.54) is 23.1 Å². The van der Waals surface area contributed by atoms with E-state index in [0.717, 1.165) is 6.07 Å². The molecule has 3 aromatic rings. The summed E-state index contributed by atoms with van der Waals surface area (Å²) in [4.78, 5) is 43.5. The summed E-state index contributed by atoms with van der Waals surface area (Å²) in [6.45, 7) is 0.0310. The van der Waals surface area contributed by atoms with Gasteiger partial charge in [-0.15, -0.1) is 0 Å². The molecule has 1 fully saturated rings. The van der Waals surface area contributed by atoms with Gasteiger partial charge in [-0.05, 0) is 11.6 Å². The zero-order valence-electron chi connectivity index (χ0n) is 21.2. The highest BCUT2D eigenvalue weighted by Gasteiger charge is 2.48. The van der Waals surface area contributed by atoms with Gasteiger partial charge >= 0.3 is 6.18 Å². The summed E-state index contributed by atoms with van der Waals surface area (Å²) in [6, 6.07) is 21.9. The third kappa shape index (κ3) is 5.86. The standard InChI is InChI=1S/C30H29F3N2O3/c1-34(2)26(36)19-35-17-23(28(37)20-11-5-3-6-12-20)27(22-15-9-10-16-25(22)30(31,32)33)24(18-35)29(38)21-13-7-4-8-14-21/h3-16,23-24,27H,17-19H2,1-2H3. The van der Waals surface area contributed by atoms with Crippen LogP contribution in [-0.4, -0.2) is 61.0 Å². The first kappa shape index (κ1) is 27.3. The van der Waals surface area contributed by atoms with E-state index in [-0.39, 0.29) is 42.7 Å². The van der Waals surface area contributed by atoms with E-state index in [9.17, 15) is 27.6 Å². The Balaban J connectivity index is 1.89. The molecule has 0 spiro atoms. The predicted octanol–water partition coefficient (Wildman–Crippen LogP) is 5.19. The number of benzene rings is 3. The maximum Gasteiger partial charge on any atom is 0.416 e. The Hall–Kier alpha value is -3.78. The number of piperidine rings is 1. The Labute approximate surface area is 219 Å². The number of amides is 1. The van der Waals surface area contributed by atoms with Crippen molar-refractivity contribution in [2.75, 3.05) is 33.7 Å². The number of ketones is 2. The van der Waals surface area contributed by atoms with Gasteiger partial charge in [0, 0.05) is 56.1 Å². The number of carbonyl (C=O) groups is 3. The molecule has 1 saturated heterocycles. The van der Waals surface area contributed by atoms with Gasteiger partial charge in [-0.2, -0.15) is 13.2 Å². The lowest BCUT2D eigenvalue weighted by molar-refractivity contribution is -0.138. The minimum atomic E-state index is -4.67. The average molecular weight is 523 g/mol. The van der Waals surface area contributed by atoms with Crippen LogP contribution in [0.5, 0.6) is 0 Å². The molecule has 2 unspecified atom stereocenters. The van der Waals surface area contributed by atoms with E-state index in [2.05, 4.69) is 0 Å². The number of nitrogens with zero attached hydrogens (tertiary/aromatic N) is 2. The molecular weight excluding hydrogens is 493 g/mol. The van der Waals surface area contributed by atoms with Crippen molar-refractivity contribution in [3.8, 4) is 0 Å². The highest BCUT2D eigenvalue weighted by atomic mass is 19.4. The Kier molecular flexibility index (Phi) is 8.11. The van der Waals surface area contributed by atoms with Gasteiger partial charge < -0.3 is 4.90 Å². The number of likely N-dealkylation sites (tertiary alicyclic amines) is 1. The molecule has 1 amide bonds. The second kappa shape index (κ2) is 11.3. The molecule has 0 radical (unpaired) electrons. The van der Waals surface area contributed by atoms with Gasteiger partial charge in [-0.25, -0.2) is 0 Å². The van der Waals surface area contributed by atoms with Gasteiger partial charge in [0.1, 0.15) is 0 Å². The zero-order chi connectivity index (χ0) is 27.4. The molecule has 5 nitrogen and oxygen atoms in total. The summed E-state index contributed by atoms with van der Waals surface area (Å²) >= 11 is 0. The van der Waals surface area contributed by atoms with E-state index < -0.39 is 29.5 Å². The van der Waals surface area contributed by atoms with Gasteiger partial charge in [0.15, 0.2) is 11.6 Å². The summed E-state index contributed by atoms with van der Waals surface area (Å²) in [5.74, 6) is -3.96. The SMILES string of the molecule is CN(C)C(=O)CN1CC(C(=O)c2ccccc2)C(c2ccccc2C(F)(F)F)C(C(=O)c2ccccc2)C1. The number of halogens is 3. The Morgan fingerprint density at radius 2 is 1.21 bits per heavy atom. The lowest BCUT2D eigenvalue weighted by atomic mass is 9.67. The monoisotopic (exact) mass is 522 g/mol. The van der Waals surface area contributed by atoms with Crippen LogP contribution in [0.25, 0.3) is 0 Å². The number of rotatable bonds is 7. The van der Waals surface area contributed by atoms with Gasteiger partial charge in [-0.3, -0.25) is 19.3 Å². The van der Waals surface area contributed by atoms with Gasteiger partial charge in [-0.1, -0.05) is 78.9 Å². The van der Waals surface area contributed by atoms with Crippen LogP contribution in [0.1, 0.15) is 37.8 Å². The summed E-state index contributed by atoms with van der Waals surface area (Å²) in [5.41, 5.74) is -0.251. The van der Waals surface area contributed by atoms with E-state index in [1.807, 2.05) is 0 Å². The summed E-state index contributed by atoms with van der Waals surface area (Å²) in [6.07, 6.45) is -4.67. The number of Topliss-reactive ketones (excluding diaryl/α,β-unsaturated/α-hetero) is 2. The van der Waals surface area contributed by atoms with Crippen LogP contribution in [0.2, 0.25) is 0 Å². The minimum absolute atomic E-state index is 0.0444. The minimum Gasteiger partial charge on any atom is -0.348 e. The summed E-state index contributed by atoms with van der Waals surface area (Å²) in [7, 11) is 3.21. The molecular formula is C30H29F3N2O3. The van der Waals surface area contributed by atoms with E-state index in [1.54, 1.807) is 79.7 Å². The van der Waals surface area contributed by atoms with E-state index >= 15 is 0 Å². The number of hydrogen-bond acceptors (Lipinski definition) is 4. The predicted molar refractivity (Wildman–Crippen MR) is 138 cm³/mol. The molecule has 2 atom stereocenters. The second-order valence-electron chi connectivity index (χ2n) is 9.77. The maximum absolute atomic E-state index is 14.2. The third-order valence-corrected chi connectivity index (χ3v) is 7.05. The van der Waals surface area contributed by atoms with Crippen LogP contribution in [0.4, 0.5) is 13.2 Å². The average Bonchev–Trinajstić information content (AvgIpc) is 2.92. The Bertz CT molecular complexity index is 1230. The molecule has 198 valence electrons. The fourth-order valence-corrected chi connectivity index (χ4v) is 5.20. The van der Waals surface area contributed by atoms with Crippen molar-refractivity contribution in [2.45, 2.75) is 12.1 Å².